The number of fused-ring (bicyclic) bond motifs is 1. The molecule has 0 radical (unpaired) electrons. The minimum atomic E-state index is -2.03. The number of rotatable bonds is 12. The van der Waals surface area contributed by atoms with Gasteiger partial charge in [-0.1, -0.05) is 120 Å². The van der Waals surface area contributed by atoms with Gasteiger partial charge < -0.3 is 18.3 Å². The van der Waals surface area contributed by atoms with Gasteiger partial charge in [-0.25, -0.2) is 4.79 Å². The number of carbonyl (C=O) groups is 1. The van der Waals surface area contributed by atoms with Crippen LogP contribution in [0, 0.1) is 22.2 Å². The van der Waals surface area contributed by atoms with Crippen molar-refractivity contribution in [2.24, 2.45) is 22.2 Å². The smallest absolute Gasteiger partial charge is 0.332 e. The minimum absolute atomic E-state index is 0.0123. The first-order valence-corrected chi connectivity index (χ1v) is 26.6. The molecule has 0 bridgehead atoms. The van der Waals surface area contributed by atoms with Crippen LogP contribution in [-0.4, -0.2) is 53.6 Å². The second-order valence-electron chi connectivity index (χ2n) is 22.6. The monoisotopic (exact) mass is 771 g/mol. The van der Waals surface area contributed by atoms with Gasteiger partial charge >= 0.3 is 5.97 Å². The molecular formula is C46H82O5Si2. The summed E-state index contributed by atoms with van der Waals surface area (Å²) in [5, 5.41) is 0.263. The lowest BCUT2D eigenvalue weighted by Gasteiger charge is -2.45. The molecule has 304 valence electrons. The number of hydrogen-bond donors (Lipinski definition) is 0. The normalized spacial score (nSPS) is 27.3. The van der Waals surface area contributed by atoms with Crippen LogP contribution in [-0.2, 0) is 23.1 Å². The zero-order valence-electron chi connectivity index (χ0n) is 37.7. The van der Waals surface area contributed by atoms with E-state index in [9.17, 15) is 4.79 Å². The van der Waals surface area contributed by atoms with E-state index in [4.69, 9.17) is 18.3 Å². The standard InChI is InChI=1S/C46H82O5Si2/c1-32-35(27-36(50-52(16,17)44(9,10)11)28-40(32)51-53(18,19)45(12,13)14)23-22-34-21-20-26-46(15)38(24-25-39(34)46)33(2)48-31-41(47)49-37(29-42(3,4)5)30-43(6,7)8/h22-24,33,36-37,39-40H,1,20-21,25-31H2,2-19H3/t33-,36+,39-,40-,46+/m0/s1. The van der Waals surface area contributed by atoms with Crippen molar-refractivity contribution in [3.8, 4) is 0 Å². The van der Waals surface area contributed by atoms with Gasteiger partial charge in [0.15, 0.2) is 16.6 Å². The van der Waals surface area contributed by atoms with E-state index >= 15 is 0 Å². The lowest BCUT2D eigenvalue weighted by atomic mass is 9.63. The van der Waals surface area contributed by atoms with Crippen molar-refractivity contribution in [3.05, 3.63) is 47.1 Å². The summed E-state index contributed by atoms with van der Waals surface area (Å²) < 4.78 is 26.5. The van der Waals surface area contributed by atoms with E-state index in [2.05, 4.69) is 148 Å². The number of allylic oxidation sites excluding steroid dienone is 4. The van der Waals surface area contributed by atoms with Gasteiger partial charge in [0.25, 0.3) is 0 Å². The van der Waals surface area contributed by atoms with Gasteiger partial charge in [0.2, 0.25) is 0 Å². The summed E-state index contributed by atoms with van der Waals surface area (Å²) in [6.07, 6.45) is 14.9. The molecule has 0 unspecified atom stereocenters. The highest BCUT2D eigenvalue weighted by Crippen LogP contribution is 2.56. The third kappa shape index (κ3) is 12.4. The topological polar surface area (TPSA) is 54.0 Å². The summed E-state index contributed by atoms with van der Waals surface area (Å²) in [7, 11) is -4.00. The molecule has 0 aromatic heterocycles. The van der Waals surface area contributed by atoms with Crippen molar-refractivity contribution in [1.29, 1.82) is 0 Å². The maximum absolute atomic E-state index is 13.1. The first-order valence-electron chi connectivity index (χ1n) is 20.8. The third-order valence-corrected chi connectivity index (χ3v) is 22.2. The lowest BCUT2D eigenvalue weighted by Crippen LogP contribution is -2.49. The molecule has 3 aliphatic carbocycles. The highest BCUT2D eigenvalue weighted by molar-refractivity contribution is 6.74. The van der Waals surface area contributed by atoms with Gasteiger partial charge in [0.05, 0.1) is 18.3 Å². The molecule has 5 nitrogen and oxygen atoms in total. The summed E-state index contributed by atoms with van der Waals surface area (Å²) in [5.74, 6) is 0.172. The summed E-state index contributed by atoms with van der Waals surface area (Å²) >= 11 is 0. The molecule has 5 atom stereocenters. The molecule has 0 N–H and O–H groups in total. The van der Waals surface area contributed by atoms with Crippen LogP contribution in [0.4, 0.5) is 0 Å². The number of hydrogen-bond acceptors (Lipinski definition) is 5. The van der Waals surface area contributed by atoms with Crippen LogP contribution in [0.15, 0.2) is 47.1 Å². The molecule has 0 spiro atoms. The molecule has 0 amide bonds. The van der Waals surface area contributed by atoms with Crippen molar-refractivity contribution in [3.63, 3.8) is 0 Å². The SMILES string of the molecule is C=C1C(=CC=C2CCC[C@]3(C)C([C@H](C)OCC(=O)OC(CC(C)(C)C)CC(C)(C)C)=CC[C@@H]23)C[C@@H](O[Si](C)(C)C(C)(C)C)C[C@@H]1O[Si](C)(C)C(C)(C)C. The molecular weight excluding hydrogens is 689 g/mol. The average molecular weight is 771 g/mol. The summed E-state index contributed by atoms with van der Waals surface area (Å²) in [6, 6.07) is 0. The average Bonchev–Trinajstić information content (AvgIpc) is 3.31. The molecule has 2 saturated carbocycles. The van der Waals surface area contributed by atoms with Gasteiger partial charge in [0.1, 0.15) is 12.7 Å². The Morgan fingerprint density at radius 3 is 1.98 bits per heavy atom. The van der Waals surface area contributed by atoms with Crippen molar-refractivity contribution in [2.75, 3.05) is 6.61 Å². The van der Waals surface area contributed by atoms with Crippen LogP contribution in [0.1, 0.15) is 148 Å². The fourth-order valence-electron chi connectivity index (χ4n) is 8.27. The van der Waals surface area contributed by atoms with Gasteiger partial charge in [-0.05, 0) is 127 Å². The molecule has 0 aromatic rings. The Morgan fingerprint density at radius 2 is 1.45 bits per heavy atom. The predicted octanol–water partition coefficient (Wildman–Crippen LogP) is 13.3. The van der Waals surface area contributed by atoms with Crippen LogP contribution in [0.5, 0.6) is 0 Å². The van der Waals surface area contributed by atoms with Crippen LogP contribution >= 0.6 is 0 Å². The fourth-order valence-corrected chi connectivity index (χ4v) is 10.9. The van der Waals surface area contributed by atoms with Crippen LogP contribution in [0.25, 0.3) is 0 Å². The van der Waals surface area contributed by atoms with Crippen LogP contribution in [0.2, 0.25) is 36.3 Å². The molecule has 0 saturated heterocycles. The maximum Gasteiger partial charge on any atom is 0.332 e. The molecule has 0 aliphatic heterocycles. The third-order valence-electron chi connectivity index (χ3n) is 13.2. The second-order valence-corrected chi connectivity index (χ2v) is 32.1. The van der Waals surface area contributed by atoms with E-state index in [1.165, 1.54) is 16.7 Å². The van der Waals surface area contributed by atoms with Crippen molar-refractivity contribution in [2.45, 2.75) is 209 Å². The maximum atomic E-state index is 13.1. The highest BCUT2D eigenvalue weighted by Gasteiger charge is 2.47. The Bertz CT molecular complexity index is 1370. The Kier molecular flexibility index (Phi) is 14.5. The molecule has 53 heavy (non-hydrogen) atoms. The van der Waals surface area contributed by atoms with E-state index in [1.807, 2.05) is 0 Å². The molecule has 3 aliphatic rings. The van der Waals surface area contributed by atoms with Crippen molar-refractivity contribution in [1.82, 2.24) is 0 Å². The van der Waals surface area contributed by atoms with Crippen molar-refractivity contribution >= 4 is 22.6 Å². The lowest BCUT2D eigenvalue weighted by molar-refractivity contribution is -0.158. The van der Waals surface area contributed by atoms with Gasteiger partial charge in [-0.3, -0.25) is 0 Å². The molecule has 7 heteroatoms. The first kappa shape index (κ1) is 46.1. The molecule has 0 heterocycles. The minimum Gasteiger partial charge on any atom is -0.461 e. The fraction of sp³-hybridized carbons (Fsp3) is 0.804. The molecule has 2 fully saturated rings. The van der Waals surface area contributed by atoms with E-state index in [0.717, 1.165) is 56.9 Å². The first-order chi connectivity index (χ1) is 23.9. The highest BCUT2D eigenvalue weighted by atomic mass is 28.4. The van der Waals surface area contributed by atoms with Gasteiger partial charge in [-0.15, -0.1) is 0 Å². The number of esters is 1. The van der Waals surface area contributed by atoms with Crippen LogP contribution in [0.3, 0.4) is 0 Å². The van der Waals surface area contributed by atoms with Gasteiger partial charge in [-0.2, -0.15) is 0 Å². The van der Waals surface area contributed by atoms with E-state index in [-0.39, 0.29) is 63.3 Å². The largest absolute Gasteiger partial charge is 0.461 e. The molecule has 0 aromatic carbocycles. The Labute approximate surface area is 329 Å². The summed E-state index contributed by atoms with van der Waals surface area (Å²) in [4.78, 5) is 13.1. The molecule has 3 rings (SSSR count). The number of ether oxygens (including phenoxy) is 2. The van der Waals surface area contributed by atoms with Crippen molar-refractivity contribution < 1.29 is 23.1 Å². The van der Waals surface area contributed by atoms with E-state index in [1.54, 1.807) is 0 Å². The van der Waals surface area contributed by atoms with Gasteiger partial charge in [0, 0.05) is 6.42 Å². The Morgan fingerprint density at radius 1 is 0.906 bits per heavy atom. The Hall–Kier alpha value is -1.26. The summed E-state index contributed by atoms with van der Waals surface area (Å²) in [5.41, 5.74) is 5.43. The van der Waals surface area contributed by atoms with E-state index in [0.29, 0.717) is 5.92 Å². The summed E-state index contributed by atoms with van der Waals surface area (Å²) in [6.45, 7) is 45.8. The number of carbonyl (C=O) groups excluding carboxylic acids is 1. The second kappa shape index (κ2) is 16.7. The van der Waals surface area contributed by atoms with Crippen LogP contribution < -0.4 is 0 Å². The zero-order chi connectivity index (χ0) is 40.6. The quantitative estimate of drug-likeness (QED) is 0.112. The predicted molar refractivity (Wildman–Crippen MR) is 230 cm³/mol. The zero-order valence-corrected chi connectivity index (χ0v) is 39.7. The van der Waals surface area contributed by atoms with E-state index < -0.39 is 16.6 Å². The Balaban J connectivity index is 1.79.